The van der Waals surface area contributed by atoms with Gasteiger partial charge >= 0.3 is 0 Å². The van der Waals surface area contributed by atoms with Crippen LogP contribution in [0.3, 0.4) is 0 Å². The summed E-state index contributed by atoms with van der Waals surface area (Å²) in [6.45, 7) is 8.82. The Morgan fingerprint density at radius 1 is 1.15 bits per heavy atom. The molecule has 2 aromatic carbocycles. The summed E-state index contributed by atoms with van der Waals surface area (Å²) in [5, 5.41) is 9.14. The van der Waals surface area contributed by atoms with Crippen molar-refractivity contribution < 1.29 is 9.53 Å². The van der Waals surface area contributed by atoms with Gasteiger partial charge in [-0.2, -0.15) is 0 Å². The van der Waals surface area contributed by atoms with Gasteiger partial charge in [-0.25, -0.2) is 0 Å². The second kappa shape index (κ2) is 13.6. The largest absolute Gasteiger partial charge is 0.497 e. The van der Waals surface area contributed by atoms with Crippen LogP contribution < -0.4 is 10.5 Å². The molecule has 0 unspecified atom stereocenters. The zero-order valence-electron chi connectivity index (χ0n) is 20.6. The predicted molar refractivity (Wildman–Crippen MR) is 138 cm³/mol. The number of hydrogen-bond donors (Lipinski definition) is 1. The highest BCUT2D eigenvalue weighted by atomic mass is 35.5. The Hall–Kier alpha value is -3.03. The zero-order valence-corrected chi connectivity index (χ0v) is 21.4. The molecule has 0 fully saturated rings. The number of unbranched alkanes of at least 4 members (excludes halogenated alkanes) is 1. The van der Waals surface area contributed by atoms with Crippen molar-refractivity contribution in [3.05, 3.63) is 70.3 Å². The van der Waals surface area contributed by atoms with Crippen LogP contribution in [0.1, 0.15) is 62.8 Å². The van der Waals surface area contributed by atoms with Crippen LogP contribution >= 0.6 is 11.6 Å². The lowest BCUT2D eigenvalue weighted by Crippen LogP contribution is -2.08. The lowest BCUT2D eigenvalue weighted by atomic mass is 10.00. The van der Waals surface area contributed by atoms with Crippen LogP contribution in [-0.4, -0.2) is 39.9 Å². The third-order valence-electron chi connectivity index (χ3n) is 5.14. The van der Waals surface area contributed by atoms with Gasteiger partial charge in [0, 0.05) is 22.6 Å². The summed E-state index contributed by atoms with van der Waals surface area (Å²) < 4.78 is 7.45. The van der Waals surface area contributed by atoms with Gasteiger partial charge in [-0.1, -0.05) is 44.0 Å². The maximum Gasteiger partial charge on any atom is 0.159 e. The van der Waals surface area contributed by atoms with E-state index in [4.69, 9.17) is 27.1 Å². The number of fused-ring (bicyclic) bond motifs is 3. The number of halogens is 1. The highest BCUT2D eigenvalue weighted by molar-refractivity contribution is 6.30. The molecular weight excluding hydrogens is 450 g/mol. The molecule has 1 aromatic heterocycles. The fourth-order valence-electron chi connectivity index (χ4n) is 3.14. The molecule has 8 heteroatoms. The van der Waals surface area contributed by atoms with E-state index in [1.165, 1.54) is 12.8 Å². The van der Waals surface area contributed by atoms with Gasteiger partial charge in [-0.15, -0.1) is 10.2 Å². The molecule has 2 heterocycles. The Kier molecular flexibility index (Phi) is 10.9. The molecule has 0 amide bonds. The first-order valence-corrected chi connectivity index (χ1v) is 11.8. The fraction of sp³-hybridized carbons (Fsp3) is 0.385. The number of aromatic nitrogens is 3. The minimum Gasteiger partial charge on any atom is -0.497 e. The Morgan fingerprint density at radius 2 is 1.82 bits per heavy atom. The second-order valence-corrected chi connectivity index (χ2v) is 8.19. The first-order chi connectivity index (χ1) is 16.4. The minimum absolute atomic E-state index is 0.255. The van der Waals surface area contributed by atoms with Crippen LogP contribution in [-0.2, 0) is 11.3 Å². The number of nitrogens with zero attached hydrogens (tertiary/aromatic N) is 4. The molecule has 0 spiro atoms. The van der Waals surface area contributed by atoms with E-state index in [0.29, 0.717) is 18.0 Å². The summed E-state index contributed by atoms with van der Waals surface area (Å²) in [7, 11) is 1.66. The Morgan fingerprint density at radius 3 is 2.35 bits per heavy atom. The fourth-order valence-corrected chi connectivity index (χ4v) is 3.27. The van der Waals surface area contributed by atoms with Crippen molar-refractivity contribution >= 4 is 23.1 Å². The number of carbonyl (C=O) groups excluding carboxylic acids is 1. The maximum atomic E-state index is 9.81. The SMILES string of the molecule is CCC(C)=O.CCCCN.COc1ccc2c(c1)C(c1ccc(Cl)cc1)=NCc1nnc(C)n1-2. The molecule has 34 heavy (non-hydrogen) atoms. The first-order valence-electron chi connectivity index (χ1n) is 11.5. The predicted octanol–water partition coefficient (Wildman–Crippen LogP) is 5.32. The number of ether oxygens (including phenoxy) is 1. The van der Waals surface area contributed by atoms with Crippen LogP contribution in [0.2, 0.25) is 5.02 Å². The number of ketones is 1. The van der Waals surface area contributed by atoms with E-state index >= 15 is 0 Å². The molecule has 3 aromatic rings. The van der Waals surface area contributed by atoms with Crippen molar-refractivity contribution in [1.29, 1.82) is 0 Å². The van der Waals surface area contributed by atoms with Crippen LogP contribution in [0.15, 0.2) is 47.5 Å². The summed E-state index contributed by atoms with van der Waals surface area (Å²) in [5.74, 6) is 2.70. The number of carbonyl (C=O) groups is 1. The number of methoxy groups -OCH3 is 1. The maximum absolute atomic E-state index is 9.81. The van der Waals surface area contributed by atoms with Gasteiger partial charge in [0.15, 0.2) is 5.82 Å². The topological polar surface area (TPSA) is 95.4 Å². The summed E-state index contributed by atoms with van der Waals surface area (Å²) in [6.07, 6.45) is 3.05. The van der Waals surface area contributed by atoms with Crippen molar-refractivity contribution in [3.8, 4) is 11.4 Å². The van der Waals surface area contributed by atoms with Crippen molar-refractivity contribution in [3.63, 3.8) is 0 Å². The average Bonchev–Trinajstić information content (AvgIpc) is 3.12. The standard InChI is InChI=1S/C18H15ClN4O.C4H11N.C4H8O/c1-11-21-22-17-10-20-18(12-3-5-13(19)6-4-12)15-9-14(24-2)7-8-16(15)23(11)17;1-2-3-4-5;1-3-4(2)5/h3-9H,10H2,1-2H3;2-5H2,1H3;3H2,1-2H3. The van der Waals surface area contributed by atoms with E-state index in [1.54, 1.807) is 14.0 Å². The average molecular weight is 484 g/mol. The third kappa shape index (κ3) is 7.23. The number of nitrogens with two attached hydrogens (primary N) is 1. The summed E-state index contributed by atoms with van der Waals surface area (Å²) >= 11 is 6.02. The summed E-state index contributed by atoms with van der Waals surface area (Å²) in [6, 6.07) is 13.6. The number of benzene rings is 2. The molecule has 182 valence electrons. The number of aryl methyl sites for hydroxylation is 1. The van der Waals surface area contributed by atoms with Crippen LogP contribution in [0, 0.1) is 6.92 Å². The molecule has 0 bridgehead atoms. The van der Waals surface area contributed by atoms with Crippen molar-refractivity contribution in [2.24, 2.45) is 10.7 Å². The highest BCUT2D eigenvalue weighted by Gasteiger charge is 2.22. The molecular formula is C26H34ClN5O2. The van der Waals surface area contributed by atoms with Gasteiger partial charge in [0.1, 0.15) is 23.9 Å². The Labute approximate surface area is 207 Å². The van der Waals surface area contributed by atoms with E-state index in [2.05, 4.69) is 17.1 Å². The van der Waals surface area contributed by atoms with Gasteiger partial charge < -0.3 is 15.3 Å². The van der Waals surface area contributed by atoms with Gasteiger partial charge in [-0.3, -0.25) is 9.56 Å². The van der Waals surface area contributed by atoms with Gasteiger partial charge in [0.2, 0.25) is 0 Å². The molecule has 0 atom stereocenters. The molecule has 2 N–H and O–H groups in total. The lowest BCUT2D eigenvalue weighted by molar-refractivity contribution is -0.116. The Balaban J connectivity index is 0.000000347. The number of Topliss-reactive ketones (excluding diaryl/α,β-unsaturated/α-hetero) is 1. The lowest BCUT2D eigenvalue weighted by Gasteiger charge is -2.14. The minimum atomic E-state index is 0.255. The number of rotatable bonds is 5. The molecule has 0 radical (unpaired) electrons. The zero-order chi connectivity index (χ0) is 25.1. The Bertz CT molecular complexity index is 1100. The molecule has 7 nitrogen and oxygen atoms in total. The van der Waals surface area contributed by atoms with Gasteiger partial charge in [0.05, 0.1) is 18.5 Å². The quantitative estimate of drug-likeness (QED) is 0.529. The molecule has 0 aliphatic carbocycles. The second-order valence-electron chi connectivity index (χ2n) is 7.75. The summed E-state index contributed by atoms with van der Waals surface area (Å²) in [5.41, 5.74) is 9.02. The van der Waals surface area contributed by atoms with Crippen LogP contribution in [0.4, 0.5) is 0 Å². The molecule has 0 saturated heterocycles. The molecule has 0 saturated carbocycles. The monoisotopic (exact) mass is 483 g/mol. The van der Waals surface area contributed by atoms with E-state index < -0.39 is 0 Å². The normalized spacial score (nSPS) is 11.4. The summed E-state index contributed by atoms with van der Waals surface area (Å²) in [4.78, 5) is 14.6. The van der Waals surface area contributed by atoms with Gasteiger partial charge in [-0.05, 0) is 57.1 Å². The highest BCUT2D eigenvalue weighted by Crippen LogP contribution is 2.29. The van der Waals surface area contributed by atoms with Crippen molar-refractivity contribution in [2.45, 2.75) is 53.5 Å². The van der Waals surface area contributed by atoms with E-state index in [0.717, 1.165) is 46.5 Å². The smallest absolute Gasteiger partial charge is 0.159 e. The third-order valence-corrected chi connectivity index (χ3v) is 5.40. The first kappa shape index (κ1) is 27.2. The van der Waals surface area contributed by atoms with Crippen molar-refractivity contribution in [2.75, 3.05) is 13.7 Å². The number of aliphatic imine (C=N–C) groups is 1. The van der Waals surface area contributed by atoms with Crippen LogP contribution in [0.5, 0.6) is 5.75 Å². The van der Waals surface area contributed by atoms with E-state index in [1.807, 2.05) is 60.9 Å². The number of hydrogen-bond acceptors (Lipinski definition) is 6. The van der Waals surface area contributed by atoms with Gasteiger partial charge in [0.25, 0.3) is 0 Å². The van der Waals surface area contributed by atoms with Crippen molar-refractivity contribution in [1.82, 2.24) is 14.8 Å². The molecule has 1 aliphatic heterocycles. The molecule has 4 rings (SSSR count). The van der Waals surface area contributed by atoms with Crippen LogP contribution in [0.25, 0.3) is 5.69 Å². The van der Waals surface area contributed by atoms with E-state index in [9.17, 15) is 4.79 Å². The molecule has 1 aliphatic rings. The van der Waals surface area contributed by atoms with E-state index in [-0.39, 0.29) is 5.78 Å².